The lowest BCUT2D eigenvalue weighted by atomic mass is 10.1. The van der Waals surface area contributed by atoms with Crippen molar-refractivity contribution < 1.29 is 9.47 Å². The van der Waals surface area contributed by atoms with Crippen LogP contribution in [0.15, 0.2) is 53.5 Å². The molecule has 1 unspecified atom stereocenters. The van der Waals surface area contributed by atoms with E-state index in [4.69, 9.17) is 21.1 Å². The third-order valence-electron chi connectivity index (χ3n) is 6.78. The van der Waals surface area contributed by atoms with E-state index in [1.54, 1.807) is 10.8 Å². The first-order chi connectivity index (χ1) is 16.0. The van der Waals surface area contributed by atoms with E-state index in [1.165, 1.54) is 0 Å². The van der Waals surface area contributed by atoms with Gasteiger partial charge in [-0.25, -0.2) is 0 Å². The second-order valence-corrected chi connectivity index (χ2v) is 9.58. The van der Waals surface area contributed by atoms with Crippen LogP contribution < -0.4 is 15.2 Å². The van der Waals surface area contributed by atoms with Gasteiger partial charge in [0, 0.05) is 37.3 Å². The number of likely N-dealkylation sites (N-methyl/N-ethyl adjacent to an activating group) is 1. The Morgan fingerprint density at radius 2 is 2.03 bits per heavy atom. The van der Waals surface area contributed by atoms with Crippen molar-refractivity contribution in [2.45, 2.75) is 31.4 Å². The van der Waals surface area contributed by atoms with Crippen molar-refractivity contribution in [1.82, 2.24) is 9.47 Å². The third-order valence-corrected chi connectivity index (χ3v) is 7.08. The van der Waals surface area contributed by atoms with Crippen molar-refractivity contribution in [2.24, 2.45) is 0 Å². The Balaban J connectivity index is 1.37. The smallest absolute Gasteiger partial charge is 0.262 e. The molecule has 7 heteroatoms. The fraction of sp³-hybridized carbons (Fsp3) is 0.423. The van der Waals surface area contributed by atoms with Gasteiger partial charge < -0.3 is 19.3 Å². The topological polar surface area (TPSA) is 46.9 Å². The lowest BCUT2D eigenvalue weighted by molar-refractivity contribution is 0.0680. The summed E-state index contributed by atoms with van der Waals surface area (Å²) >= 11 is 6.67. The van der Waals surface area contributed by atoms with Crippen LogP contribution in [0.4, 0.5) is 5.69 Å². The number of ether oxygens (including phenoxy) is 2. The van der Waals surface area contributed by atoms with Gasteiger partial charge in [-0.2, -0.15) is 0 Å². The molecule has 33 heavy (non-hydrogen) atoms. The number of pyridine rings is 1. The van der Waals surface area contributed by atoms with Gasteiger partial charge in [-0.15, -0.1) is 0 Å². The van der Waals surface area contributed by atoms with Crippen molar-refractivity contribution in [3.63, 3.8) is 0 Å². The molecule has 2 aliphatic rings. The van der Waals surface area contributed by atoms with Crippen molar-refractivity contribution in [1.29, 1.82) is 0 Å². The van der Waals surface area contributed by atoms with E-state index in [0.717, 1.165) is 61.5 Å². The number of halogens is 1. The molecule has 2 fully saturated rings. The highest BCUT2D eigenvalue weighted by Gasteiger charge is 2.25. The zero-order chi connectivity index (χ0) is 22.9. The monoisotopic (exact) mass is 467 g/mol. The fourth-order valence-corrected chi connectivity index (χ4v) is 5.06. The molecule has 3 aromatic rings. The van der Waals surface area contributed by atoms with Gasteiger partial charge in [0.05, 0.1) is 22.5 Å². The summed E-state index contributed by atoms with van der Waals surface area (Å²) in [6, 6.07) is 14.0. The van der Waals surface area contributed by atoms with E-state index < -0.39 is 0 Å². The number of fused-ring (bicyclic) bond motifs is 1. The number of benzene rings is 2. The summed E-state index contributed by atoms with van der Waals surface area (Å²) in [7, 11) is 4.23. The number of hydrogen-bond acceptors (Lipinski definition) is 5. The van der Waals surface area contributed by atoms with Gasteiger partial charge in [-0.1, -0.05) is 11.6 Å². The second-order valence-electron chi connectivity index (χ2n) is 9.17. The Hall–Kier alpha value is -2.54. The molecule has 0 N–H and O–H groups in total. The van der Waals surface area contributed by atoms with Crippen LogP contribution in [0, 0.1) is 0 Å². The van der Waals surface area contributed by atoms with Crippen LogP contribution in [0.5, 0.6) is 5.75 Å². The van der Waals surface area contributed by atoms with E-state index in [2.05, 4.69) is 23.9 Å². The van der Waals surface area contributed by atoms with Crippen LogP contribution in [-0.4, -0.2) is 62.0 Å². The van der Waals surface area contributed by atoms with Gasteiger partial charge in [0.1, 0.15) is 12.4 Å². The zero-order valence-corrected chi connectivity index (χ0v) is 19.9. The Labute approximate surface area is 199 Å². The zero-order valence-electron chi connectivity index (χ0n) is 19.2. The maximum atomic E-state index is 13.2. The number of aromatic nitrogens is 1. The average molecular weight is 468 g/mol. The highest BCUT2D eigenvalue weighted by molar-refractivity contribution is 6.33. The normalized spacial score (nSPS) is 20.8. The molecule has 2 saturated heterocycles. The Morgan fingerprint density at radius 3 is 2.76 bits per heavy atom. The van der Waals surface area contributed by atoms with Crippen molar-refractivity contribution in [2.75, 3.05) is 45.3 Å². The van der Waals surface area contributed by atoms with Gasteiger partial charge in [0.25, 0.3) is 5.56 Å². The summed E-state index contributed by atoms with van der Waals surface area (Å²) in [6.07, 6.45) is 5.21. The SMILES string of the molecule is CN(C)C1CCN(c2ccc(-n3ccc4cc(OC[C@@H]5CCCO5)ccc4c3=O)cc2Cl)C1. The Morgan fingerprint density at radius 1 is 1.15 bits per heavy atom. The summed E-state index contributed by atoms with van der Waals surface area (Å²) in [6.45, 7) is 3.29. The fourth-order valence-electron chi connectivity index (χ4n) is 4.77. The quantitative estimate of drug-likeness (QED) is 0.539. The third kappa shape index (κ3) is 4.60. The van der Waals surface area contributed by atoms with Crippen LogP contribution >= 0.6 is 11.6 Å². The molecule has 0 bridgehead atoms. The predicted molar refractivity (Wildman–Crippen MR) is 133 cm³/mol. The molecule has 1 aromatic heterocycles. The molecule has 0 spiro atoms. The van der Waals surface area contributed by atoms with Gasteiger partial charge in [0.15, 0.2) is 0 Å². The first-order valence-electron chi connectivity index (χ1n) is 11.6. The Bertz CT molecular complexity index is 1200. The maximum absolute atomic E-state index is 13.2. The molecule has 3 heterocycles. The van der Waals surface area contributed by atoms with E-state index in [1.807, 2.05) is 42.5 Å². The van der Waals surface area contributed by atoms with Gasteiger partial charge in [-0.3, -0.25) is 9.36 Å². The number of nitrogens with zero attached hydrogens (tertiary/aromatic N) is 3. The summed E-state index contributed by atoms with van der Waals surface area (Å²) in [5.41, 5.74) is 1.71. The lowest BCUT2D eigenvalue weighted by Crippen LogP contribution is -2.31. The second kappa shape index (κ2) is 9.37. The number of rotatable bonds is 6. The first-order valence-corrected chi connectivity index (χ1v) is 12.0. The van der Waals surface area contributed by atoms with Gasteiger partial charge >= 0.3 is 0 Å². The van der Waals surface area contributed by atoms with Crippen LogP contribution in [0.2, 0.25) is 5.02 Å². The van der Waals surface area contributed by atoms with Crippen molar-refractivity contribution in [3.8, 4) is 11.4 Å². The van der Waals surface area contributed by atoms with Crippen LogP contribution in [0.25, 0.3) is 16.5 Å². The molecular formula is C26H30ClN3O3. The minimum atomic E-state index is -0.0733. The van der Waals surface area contributed by atoms with Crippen LogP contribution in [-0.2, 0) is 4.74 Å². The minimum absolute atomic E-state index is 0.0733. The average Bonchev–Trinajstić information content (AvgIpc) is 3.50. The lowest BCUT2D eigenvalue weighted by Gasteiger charge is -2.23. The summed E-state index contributed by atoms with van der Waals surface area (Å²) in [5.74, 6) is 0.754. The van der Waals surface area contributed by atoms with E-state index in [-0.39, 0.29) is 11.7 Å². The molecule has 2 atom stereocenters. The molecule has 0 saturated carbocycles. The van der Waals surface area contributed by atoms with Gasteiger partial charge in [-0.05, 0) is 81.2 Å². The van der Waals surface area contributed by atoms with Crippen LogP contribution in [0.3, 0.4) is 0 Å². The van der Waals surface area contributed by atoms with Crippen molar-refractivity contribution in [3.05, 3.63) is 64.0 Å². The van der Waals surface area contributed by atoms with Crippen molar-refractivity contribution >= 4 is 28.1 Å². The molecule has 0 aliphatic carbocycles. The highest BCUT2D eigenvalue weighted by atomic mass is 35.5. The first kappa shape index (κ1) is 22.3. The molecule has 2 aliphatic heterocycles. The maximum Gasteiger partial charge on any atom is 0.262 e. The molecular weight excluding hydrogens is 438 g/mol. The van der Waals surface area contributed by atoms with E-state index >= 15 is 0 Å². The molecule has 6 nitrogen and oxygen atoms in total. The molecule has 0 amide bonds. The largest absolute Gasteiger partial charge is 0.491 e. The molecule has 0 radical (unpaired) electrons. The number of hydrogen-bond donors (Lipinski definition) is 0. The van der Waals surface area contributed by atoms with Gasteiger partial charge in [0.2, 0.25) is 0 Å². The minimum Gasteiger partial charge on any atom is -0.491 e. The molecule has 5 rings (SSSR count). The summed E-state index contributed by atoms with van der Waals surface area (Å²) in [5, 5.41) is 2.17. The summed E-state index contributed by atoms with van der Waals surface area (Å²) in [4.78, 5) is 17.8. The number of anilines is 1. The molecule has 174 valence electrons. The highest BCUT2D eigenvalue weighted by Crippen LogP contribution is 2.31. The predicted octanol–water partition coefficient (Wildman–Crippen LogP) is 4.34. The van der Waals surface area contributed by atoms with Crippen LogP contribution in [0.1, 0.15) is 19.3 Å². The van der Waals surface area contributed by atoms with E-state index in [9.17, 15) is 4.79 Å². The van der Waals surface area contributed by atoms with E-state index in [0.29, 0.717) is 23.1 Å². The molecule has 2 aromatic carbocycles. The standard InChI is InChI=1S/C26H30ClN3O3/c1-28(2)20-10-11-29(16-20)25-8-5-19(15-24(25)27)30-12-9-18-14-21(6-7-23(18)26(30)31)33-17-22-4-3-13-32-22/h5-9,12,14-15,20,22H,3-4,10-11,13,16-17H2,1-2H3/t20?,22-/m0/s1. The summed E-state index contributed by atoms with van der Waals surface area (Å²) < 4.78 is 13.2. The Kier molecular flexibility index (Phi) is 6.32.